The number of nitrogen functional groups attached to an aromatic ring is 1. The number of aromatic nitrogens is 2. The monoisotopic (exact) mass is 381 g/mol. The number of rotatable bonds is 3. The molecule has 0 radical (unpaired) electrons. The Kier molecular flexibility index (Phi) is 3.82. The van der Waals surface area contributed by atoms with E-state index in [2.05, 4.69) is 54.3 Å². The highest BCUT2D eigenvalue weighted by Crippen LogP contribution is 2.38. The van der Waals surface area contributed by atoms with Crippen LogP contribution in [0, 0.1) is 0 Å². The van der Waals surface area contributed by atoms with Gasteiger partial charge in [0.2, 0.25) is 0 Å². The lowest BCUT2D eigenvalue weighted by Gasteiger charge is -2.21. The third-order valence-corrected chi connectivity index (χ3v) is 4.64. The van der Waals surface area contributed by atoms with Crippen molar-refractivity contribution >= 4 is 44.6 Å². The molecule has 0 unspecified atom stereocenters. The fourth-order valence-corrected chi connectivity index (χ4v) is 3.19. The van der Waals surface area contributed by atoms with Crippen molar-refractivity contribution < 1.29 is 0 Å². The molecule has 0 saturated carbocycles. The highest BCUT2D eigenvalue weighted by atomic mass is 79.9. The van der Waals surface area contributed by atoms with Crippen LogP contribution in [0.1, 0.15) is 5.56 Å². The molecule has 24 heavy (non-hydrogen) atoms. The van der Waals surface area contributed by atoms with Gasteiger partial charge in [0.15, 0.2) is 11.6 Å². The van der Waals surface area contributed by atoms with Gasteiger partial charge in [-0.15, -0.1) is 0 Å². The molecule has 0 aliphatic carbocycles. The molecule has 0 bridgehead atoms. The molecule has 0 fully saturated rings. The van der Waals surface area contributed by atoms with Crippen LogP contribution in [0.5, 0.6) is 0 Å². The number of hydrogen-bond donors (Lipinski definition) is 2. The Labute approximate surface area is 148 Å². The van der Waals surface area contributed by atoms with Gasteiger partial charge in [0.05, 0.1) is 0 Å². The summed E-state index contributed by atoms with van der Waals surface area (Å²) in [5.74, 6) is 1.36. The van der Waals surface area contributed by atoms with Crippen LogP contribution in [0.2, 0.25) is 0 Å². The van der Waals surface area contributed by atoms with E-state index in [4.69, 9.17) is 5.73 Å². The standard InChI is InChI=1S/C18H16BrN5/c19-13-5-7-14(8-6-13)23-17-16(20)18(22-11-21-17)24-10-9-12-3-1-2-4-15(12)24/h1-8,11H,9-10,20H2,(H,21,22,23). The molecule has 0 spiro atoms. The minimum atomic E-state index is 0.553. The lowest BCUT2D eigenvalue weighted by molar-refractivity contribution is 0.967. The third-order valence-electron chi connectivity index (χ3n) is 4.11. The number of nitrogens with zero attached hydrogens (tertiary/aromatic N) is 3. The minimum absolute atomic E-state index is 0.553. The Bertz CT molecular complexity index is 879. The van der Waals surface area contributed by atoms with Crippen LogP contribution >= 0.6 is 15.9 Å². The second kappa shape index (κ2) is 6.13. The first-order chi connectivity index (χ1) is 11.7. The maximum atomic E-state index is 6.36. The summed E-state index contributed by atoms with van der Waals surface area (Å²) >= 11 is 3.43. The summed E-state index contributed by atoms with van der Waals surface area (Å²) in [6.45, 7) is 0.873. The van der Waals surface area contributed by atoms with Gasteiger partial charge >= 0.3 is 0 Å². The Morgan fingerprint density at radius 1 is 1.04 bits per heavy atom. The maximum absolute atomic E-state index is 6.36. The molecule has 5 nitrogen and oxygen atoms in total. The van der Waals surface area contributed by atoms with Crippen LogP contribution in [0.15, 0.2) is 59.3 Å². The zero-order chi connectivity index (χ0) is 16.5. The van der Waals surface area contributed by atoms with E-state index in [1.165, 1.54) is 5.56 Å². The number of benzene rings is 2. The number of halogens is 1. The molecule has 3 aromatic rings. The SMILES string of the molecule is Nc1c(Nc2ccc(Br)cc2)ncnc1N1CCc2ccccc21. The van der Waals surface area contributed by atoms with E-state index in [9.17, 15) is 0 Å². The molecule has 3 N–H and O–H groups in total. The smallest absolute Gasteiger partial charge is 0.161 e. The molecule has 2 aromatic carbocycles. The van der Waals surface area contributed by atoms with Crippen molar-refractivity contribution in [1.82, 2.24) is 9.97 Å². The summed E-state index contributed by atoms with van der Waals surface area (Å²) in [7, 11) is 0. The summed E-state index contributed by atoms with van der Waals surface area (Å²) in [6.07, 6.45) is 2.54. The number of nitrogens with one attached hydrogen (secondary N) is 1. The summed E-state index contributed by atoms with van der Waals surface area (Å²) in [4.78, 5) is 10.9. The molecule has 0 atom stereocenters. The Balaban J connectivity index is 1.68. The van der Waals surface area contributed by atoms with Crippen LogP contribution in [-0.2, 0) is 6.42 Å². The second-order valence-electron chi connectivity index (χ2n) is 5.62. The highest BCUT2D eigenvalue weighted by molar-refractivity contribution is 9.10. The normalized spacial score (nSPS) is 13.0. The first kappa shape index (κ1) is 15.0. The van der Waals surface area contributed by atoms with Crippen molar-refractivity contribution in [2.24, 2.45) is 0 Å². The zero-order valence-electron chi connectivity index (χ0n) is 12.9. The van der Waals surface area contributed by atoms with Crippen molar-refractivity contribution in [1.29, 1.82) is 0 Å². The number of hydrogen-bond acceptors (Lipinski definition) is 5. The largest absolute Gasteiger partial charge is 0.393 e. The summed E-state index contributed by atoms with van der Waals surface area (Å²) < 4.78 is 1.03. The lowest BCUT2D eigenvalue weighted by atomic mass is 10.2. The van der Waals surface area contributed by atoms with E-state index in [1.54, 1.807) is 6.33 Å². The van der Waals surface area contributed by atoms with Gasteiger partial charge in [-0.05, 0) is 42.3 Å². The first-order valence-electron chi connectivity index (χ1n) is 7.71. The predicted octanol–water partition coefficient (Wildman–Crippen LogP) is 4.26. The van der Waals surface area contributed by atoms with E-state index in [-0.39, 0.29) is 0 Å². The van der Waals surface area contributed by atoms with Gasteiger partial charge in [-0.2, -0.15) is 0 Å². The van der Waals surface area contributed by atoms with E-state index in [0.717, 1.165) is 34.6 Å². The van der Waals surface area contributed by atoms with E-state index in [0.29, 0.717) is 11.5 Å². The van der Waals surface area contributed by atoms with Gasteiger partial charge < -0.3 is 16.0 Å². The molecule has 1 aliphatic heterocycles. The van der Waals surface area contributed by atoms with Crippen molar-refractivity contribution in [2.75, 3.05) is 22.5 Å². The van der Waals surface area contributed by atoms with E-state index >= 15 is 0 Å². The molecule has 120 valence electrons. The van der Waals surface area contributed by atoms with Crippen molar-refractivity contribution in [3.05, 3.63) is 64.9 Å². The minimum Gasteiger partial charge on any atom is -0.393 e. The van der Waals surface area contributed by atoms with E-state index in [1.807, 2.05) is 30.3 Å². The van der Waals surface area contributed by atoms with Crippen molar-refractivity contribution in [3.63, 3.8) is 0 Å². The molecule has 0 amide bonds. The Morgan fingerprint density at radius 2 is 1.83 bits per heavy atom. The van der Waals surface area contributed by atoms with E-state index < -0.39 is 0 Å². The maximum Gasteiger partial charge on any atom is 0.161 e. The molecule has 4 rings (SSSR count). The summed E-state index contributed by atoms with van der Waals surface area (Å²) in [5, 5.41) is 3.26. The van der Waals surface area contributed by atoms with Gasteiger partial charge in [0.1, 0.15) is 12.0 Å². The fraction of sp³-hybridized carbons (Fsp3) is 0.111. The molecule has 2 heterocycles. The zero-order valence-corrected chi connectivity index (χ0v) is 14.5. The number of fused-ring (bicyclic) bond motifs is 1. The average molecular weight is 382 g/mol. The van der Waals surface area contributed by atoms with Crippen molar-refractivity contribution in [3.8, 4) is 0 Å². The van der Waals surface area contributed by atoms with Crippen molar-refractivity contribution in [2.45, 2.75) is 6.42 Å². The Hall–Kier alpha value is -2.60. The van der Waals surface area contributed by atoms with Gasteiger partial charge in [0.25, 0.3) is 0 Å². The van der Waals surface area contributed by atoms with Gasteiger partial charge in [-0.1, -0.05) is 34.1 Å². The fourth-order valence-electron chi connectivity index (χ4n) is 2.93. The molecular weight excluding hydrogens is 366 g/mol. The quantitative estimate of drug-likeness (QED) is 0.709. The average Bonchev–Trinajstić information content (AvgIpc) is 3.03. The summed E-state index contributed by atoms with van der Waals surface area (Å²) in [5.41, 5.74) is 10.3. The van der Waals surface area contributed by atoms with Gasteiger partial charge in [0, 0.05) is 22.4 Å². The molecule has 0 saturated heterocycles. The van der Waals surface area contributed by atoms with Crippen LogP contribution in [0.4, 0.5) is 28.7 Å². The highest BCUT2D eigenvalue weighted by Gasteiger charge is 2.23. The molecule has 6 heteroatoms. The number of para-hydroxylation sites is 1. The van der Waals surface area contributed by atoms with Crippen LogP contribution in [0.3, 0.4) is 0 Å². The van der Waals surface area contributed by atoms with Crippen LogP contribution in [-0.4, -0.2) is 16.5 Å². The van der Waals surface area contributed by atoms with Gasteiger partial charge in [-0.3, -0.25) is 0 Å². The predicted molar refractivity (Wildman–Crippen MR) is 101 cm³/mol. The number of nitrogens with two attached hydrogens (primary N) is 1. The first-order valence-corrected chi connectivity index (χ1v) is 8.50. The van der Waals surface area contributed by atoms with Crippen LogP contribution in [0.25, 0.3) is 0 Å². The van der Waals surface area contributed by atoms with Gasteiger partial charge in [-0.25, -0.2) is 9.97 Å². The van der Waals surface area contributed by atoms with Crippen LogP contribution < -0.4 is 16.0 Å². The molecule has 1 aromatic heterocycles. The second-order valence-corrected chi connectivity index (χ2v) is 6.54. The lowest BCUT2D eigenvalue weighted by Crippen LogP contribution is -2.17. The third kappa shape index (κ3) is 2.69. The summed E-state index contributed by atoms with van der Waals surface area (Å²) in [6, 6.07) is 16.2. The molecular formula is C18H16BrN5. The topological polar surface area (TPSA) is 67.1 Å². The molecule has 1 aliphatic rings. The number of anilines is 5. The Morgan fingerprint density at radius 3 is 2.67 bits per heavy atom.